The molecule has 0 saturated carbocycles. The van der Waals surface area contributed by atoms with Crippen molar-refractivity contribution in [1.29, 1.82) is 0 Å². The van der Waals surface area contributed by atoms with E-state index < -0.39 is 0 Å². The van der Waals surface area contributed by atoms with Crippen LogP contribution in [0.1, 0.15) is 114 Å². The maximum atomic E-state index is 2.34. The summed E-state index contributed by atoms with van der Waals surface area (Å²) in [7, 11) is 0. The van der Waals surface area contributed by atoms with Crippen LogP contribution in [0.25, 0.3) is 0 Å². The highest BCUT2D eigenvalue weighted by Gasteiger charge is 1.96. The van der Waals surface area contributed by atoms with Crippen molar-refractivity contribution in [1.82, 2.24) is 0 Å². The number of benzene rings is 1. The van der Waals surface area contributed by atoms with Gasteiger partial charge in [-0.05, 0) is 25.3 Å². The van der Waals surface area contributed by atoms with Gasteiger partial charge in [-0.15, -0.1) is 0 Å². The largest absolute Gasteiger partial charge is 0.0654 e. The highest BCUT2D eigenvalue weighted by Crippen LogP contribution is 2.14. The van der Waals surface area contributed by atoms with Gasteiger partial charge in [0, 0.05) is 0 Å². The molecule has 138 valence electrons. The van der Waals surface area contributed by atoms with Crippen LogP contribution in [-0.2, 0) is 6.42 Å². The molecule has 24 heavy (non-hydrogen) atoms. The Labute approximate surface area is 152 Å². The van der Waals surface area contributed by atoms with Crippen molar-refractivity contribution in [3.8, 4) is 0 Å². The summed E-state index contributed by atoms with van der Waals surface area (Å²) in [5.41, 5.74) is 2.91. The second kappa shape index (κ2) is 15.7. The Hall–Kier alpha value is -0.780. The summed E-state index contributed by atoms with van der Waals surface area (Å²) in [5, 5.41) is 0. The summed E-state index contributed by atoms with van der Waals surface area (Å²) in [6, 6.07) is 8.99. The van der Waals surface area contributed by atoms with Gasteiger partial charge in [0.15, 0.2) is 0 Å². The Morgan fingerprint density at radius 1 is 0.583 bits per heavy atom. The van der Waals surface area contributed by atoms with Gasteiger partial charge in [-0.25, -0.2) is 0 Å². The van der Waals surface area contributed by atoms with Crippen LogP contribution in [0.2, 0.25) is 0 Å². The first-order chi connectivity index (χ1) is 11.8. The summed E-state index contributed by atoms with van der Waals surface area (Å²) in [5.74, 6) is 0. The van der Waals surface area contributed by atoms with Gasteiger partial charge in [-0.1, -0.05) is 127 Å². The fraction of sp³-hybridized carbons (Fsp3) is 0.750. The first kappa shape index (κ1) is 21.3. The average Bonchev–Trinajstić information content (AvgIpc) is 2.58. The molecule has 0 atom stereocenters. The van der Waals surface area contributed by atoms with E-state index in [0.717, 1.165) is 0 Å². The second-order valence-corrected chi connectivity index (χ2v) is 7.69. The lowest BCUT2D eigenvalue weighted by Gasteiger charge is -2.04. The van der Waals surface area contributed by atoms with Crippen molar-refractivity contribution < 1.29 is 0 Å². The minimum Gasteiger partial charge on any atom is -0.0654 e. The predicted molar refractivity (Wildman–Crippen MR) is 110 cm³/mol. The zero-order chi connectivity index (χ0) is 17.3. The highest BCUT2D eigenvalue weighted by molar-refractivity contribution is 5.22. The average molecular weight is 331 g/mol. The van der Waals surface area contributed by atoms with Crippen molar-refractivity contribution in [3.63, 3.8) is 0 Å². The lowest BCUT2D eigenvalue weighted by Crippen LogP contribution is -1.87. The zero-order valence-corrected chi connectivity index (χ0v) is 16.6. The van der Waals surface area contributed by atoms with Crippen molar-refractivity contribution >= 4 is 0 Å². The summed E-state index contributed by atoms with van der Waals surface area (Å²) in [6.45, 7) is 4.49. The Balaban J connectivity index is 1.76. The molecular weight excluding hydrogens is 288 g/mol. The van der Waals surface area contributed by atoms with Crippen LogP contribution in [0.5, 0.6) is 0 Å². The summed E-state index contributed by atoms with van der Waals surface area (Å²) in [6.07, 6.45) is 22.9. The molecule has 0 amide bonds. The van der Waals surface area contributed by atoms with E-state index in [1.165, 1.54) is 114 Å². The standard InChI is InChI=1S/C24H42/c1-3-4-5-6-7-8-9-10-11-12-13-14-15-16-17-20-24-21-18-19-23(2)22-24/h18-19,21-22H,3-17,20H2,1-2H3. The molecule has 0 N–H and O–H groups in total. The lowest BCUT2D eigenvalue weighted by atomic mass is 10.0. The third-order valence-corrected chi connectivity index (χ3v) is 5.15. The molecule has 0 radical (unpaired) electrons. The molecular formula is C24H42. The van der Waals surface area contributed by atoms with Crippen molar-refractivity contribution in [2.45, 2.75) is 117 Å². The maximum Gasteiger partial charge on any atom is -0.0279 e. The molecule has 1 rings (SSSR count). The van der Waals surface area contributed by atoms with Gasteiger partial charge in [0.2, 0.25) is 0 Å². The Morgan fingerprint density at radius 3 is 1.50 bits per heavy atom. The monoisotopic (exact) mass is 330 g/mol. The van der Waals surface area contributed by atoms with Crippen LogP contribution >= 0.6 is 0 Å². The van der Waals surface area contributed by atoms with Crippen molar-refractivity contribution in [2.75, 3.05) is 0 Å². The second-order valence-electron chi connectivity index (χ2n) is 7.69. The quantitative estimate of drug-likeness (QED) is 0.267. The van der Waals surface area contributed by atoms with Crippen LogP contribution in [0.4, 0.5) is 0 Å². The van der Waals surface area contributed by atoms with Gasteiger partial charge in [-0.2, -0.15) is 0 Å². The molecule has 0 bridgehead atoms. The third kappa shape index (κ3) is 12.6. The van der Waals surface area contributed by atoms with E-state index >= 15 is 0 Å². The van der Waals surface area contributed by atoms with Gasteiger partial charge in [0.1, 0.15) is 0 Å². The molecule has 0 spiro atoms. The smallest absolute Gasteiger partial charge is 0.0279 e. The number of aryl methyl sites for hydroxylation is 2. The fourth-order valence-corrected chi connectivity index (χ4v) is 3.57. The molecule has 0 unspecified atom stereocenters. The van der Waals surface area contributed by atoms with E-state index in [-0.39, 0.29) is 0 Å². The first-order valence-electron chi connectivity index (χ1n) is 10.9. The molecule has 1 aromatic carbocycles. The number of hydrogen-bond donors (Lipinski definition) is 0. The highest BCUT2D eigenvalue weighted by atomic mass is 14.0. The Bertz CT molecular complexity index is 379. The maximum absolute atomic E-state index is 2.34. The van der Waals surface area contributed by atoms with Gasteiger partial charge in [0.05, 0.1) is 0 Å². The summed E-state index contributed by atoms with van der Waals surface area (Å²) < 4.78 is 0. The molecule has 0 nitrogen and oxygen atoms in total. The molecule has 0 heteroatoms. The van der Waals surface area contributed by atoms with E-state index in [0.29, 0.717) is 0 Å². The molecule has 0 saturated heterocycles. The molecule has 0 fully saturated rings. The van der Waals surface area contributed by atoms with Crippen molar-refractivity contribution in [2.24, 2.45) is 0 Å². The molecule has 0 aliphatic heterocycles. The van der Waals surface area contributed by atoms with Crippen LogP contribution < -0.4 is 0 Å². The van der Waals surface area contributed by atoms with E-state index in [1.54, 1.807) is 0 Å². The Kier molecular flexibility index (Phi) is 13.9. The predicted octanol–water partition coefficient (Wildman–Crippen LogP) is 8.41. The van der Waals surface area contributed by atoms with Gasteiger partial charge in [0.25, 0.3) is 0 Å². The molecule has 0 aliphatic carbocycles. The minimum atomic E-state index is 1.26. The molecule has 0 aromatic heterocycles. The molecule has 1 aromatic rings. The topological polar surface area (TPSA) is 0 Å². The fourth-order valence-electron chi connectivity index (χ4n) is 3.57. The van der Waals surface area contributed by atoms with E-state index in [1.807, 2.05) is 0 Å². The van der Waals surface area contributed by atoms with Crippen molar-refractivity contribution in [3.05, 3.63) is 35.4 Å². The van der Waals surface area contributed by atoms with Crippen LogP contribution in [-0.4, -0.2) is 0 Å². The van der Waals surface area contributed by atoms with Gasteiger partial charge < -0.3 is 0 Å². The molecule has 0 aliphatic rings. The van der Waals surface area contributed by atoms with E-state index in [9.17, 15) is 0 Å². The minimum absolute atomic E-state index is 1.26. The summed E-state index contributed by atoms with van der Waals surface area (Å²) in [4.78, 5) is 0. The number of rotatable bonds is 16. The van der Waals surface area contributed by atoms with Crippen LogP contribution in [0.15, 0.2) is 24.3 Å². The van der Waals surface area contributed by atoms with E-state index in [2.05, 4.69) is 38.1 Å². The van der Waals surface area contributed by atoms with E-state index in [4.69, 9.17) is 0 Å². The van der Waals surface area contributed by atoms with Gasteiger partial charge in [-0.3, -0.25) is 0 Å². The molecule has 0 heterocycles. The Morgan fingerprint density at radius 2 is 1.04 bits per heavy atom. The van der Waals surface area contributed by atoms with Gasteiger partial charge >= 0.3 is 0 Å². The van der Waals surface area contributed by atoms with Crippen LogP contribution in [0, 0.1) is 6.92 Å². The SMILES string of the molecule is CCCCCCCCCCCCCCCCCc1cccc(C)c1. The number of hydrogen-bond acceptors (Lipinski definition) is 0. The normalized spacial score (nSPS) is 11.1. The van der Waals surface area contributed by atoms with Crippen LogP contribution in [0.3, 0.4) is 0 Å². The zero-order valence-electron chi connectivity index (χ0n) is 16.6. The number of unbranched alkanes of at least 4 members (excludes halogenated alkanes) is 14. The lowest BCUT2D eigenvalue weighted by molar-refractivity contribution is 0.532. The third-order valence-electron chi connectivity index (χ3n) is 5.15. The summed E-state index contributed by atoms with van der Waals surface area (Å²) >= 11 is 0. The first-order valence-corrected chi connectivity index (χ1v) is 10.9.